The minimum absolute atomic E-state index is 0.292. The highest BCUT2D eigenvalue weighted by molar-refractivity contribution is 7.99. The number of hydrogen-bond acceptors (Lipinski definition) is 6. The van der Waals surface area contributed by atoms with Crippen LogP contribution < -0.4 is 5.32 Å². The number of fused-ring (bicyclic) bond motifs is 1. The van der Waals surface area contributed by atoms with E-state index in [9.17, 15) is 0 Å². The summed E-state index contributed by atoms with van der Waals surface area (Å²) in [7, 11) is 1.93. The Morgan fingerprint density at radius 1 is 1.20 bits per heavy atom. The van der Waals surface area contributed by atoms with Crippen molar-refractivity contribution in [2.45, 2.75) is 23.0 Å². The summed E-state index contributed by atoms with van der Waals surface area (Å²) in [6.45, 7) is 2.10. The molecule has 0 radical (unpaired) electrons. The standard InChI is InChI=1S/C13H14N6S/c1-8(14-2)9-3-4-10(15-5-9)20-13-11-12(17-6-16-11)18-7-19-13/h3-8,14H,1-2H3,(H,16,17,18,19). The van der Waals surface area contributed by atoms with E-state index in [2.05, 4.69) is 43.2 Å². The second-order valence-electron chi connectivity index (χ2n) is 4.32. The van der Waals surface area contributed by atoms with Gasteiger partial charge in [0.15, 0.2) is 5.65 Å². The third-order valence-electron chi connectivity index (χ3n) is 3.08. The summed E-state index contributed by atoms with van der Waals surface area (Å²) in [6, 6.07) is 4.36. The van der Waals surface area contributed by atoms with Crippen LogP contribution in [0, 0.1) is 0 Å². The predicted octanol–water partition coefficient (Wildman–Crippen LogP) is 2.18. The molecule has 102 valence electrons. The van der Waals surface area contributed by atoms with Gasteiger partial charge in [-0.15, -0.1) is 0 Å². The summed E-state index contributed by atoms with van der Waals surface area (Å²) in [5.74, 6) is 0. The minimum atomic E-state index is 0.292. The summed E-state index contributed by atoms with van der Waals surface area (Å²) in [5, 5.41) is 4.91. The first-order chi connectivity index (χ1) is 9.78. The van der Waals surface area contributed by atoms with Crippen LogP contribution >= 0.6 is 11.8 Å². The molecule has 2 N–H and O–H groups in total. The lowest BCUT2D eigenvalue weighted by Gasteiger charge is -2.10. The van der Waals surface area contributed by atoms with Crippen LogP contribution in [0.1, 0.15) is 18.5 Å². The average Bonchev–Trinajstić information content (AvgIpc) is 2.97. The highest BCUT2D eigenvalue weighted by Gasteiger charge is 2.09. The highest BCUT2D eigenvalue weighted by atomic mass is 32.2. The van der Waals surface area contributed by atoms with Gasteiger partial charge < -0.3 is 10.3 Å². The first-order valence-electron chi connectivity index (χ1n) is 6.23. The molecule has 3 heterocycles. The molecular formula is C13H14N6S. The highest BCUT2D eigenvalue weighted by Crippen LogP contribution is 2.28. The maximum absolute atomic E-state index is 4.46. The molecule has 0 aliphatic rings. The van der Waals surface area contributed by atoms with Gasteiger partial charge in [0.05, 0.1) is 6.33 Å². The van der Waals surface area contributed by atoms with Gasteiger partial charge in [-0.3, -0.25) is 0 Å². The molecule has 3 aromatic rings. The van der Waals surface area contributed by atoms with Crippen molar-refractivity contribution in [2.24, 2.45) is 0 Å². The van der Waals surface area contributed by atoms with E-state index in [0.29, 0.717) is 11.7 Å². The topological polar surface area (TPSA) is 79.4 Å². The molecule has 0 aliphatic carbocycles. The van der Waals surface area contributed by atoms with E-state index in [1.165, 1.54) is 18.1 Å². The molecule has 20 heavy (non-hydrogen) atoms. The summed E-state index contributed by atoms with van der Waals surface area (Å²) < 4.78 is 0. The Hall–Kier alpha value is -1.99. The molecule has 0 saturated carbocycles. The normalized spacial score (nSPS) is 12.7. The van der Waals surface area contributed by atoms with Crippen LogP contribution in [0.5, 0.6) is 0 Å². The Morgan fingerprint density at radius 3 is 2.85 bits per heavy atom. The van der Waals surface area contributed by atoms with E-state index in [1.54, 1.807) is 6.33 Å². The zero-order chi connectivity index (χ0) is 13.9. The first kappa shape index (κ1) is 13.0. The van der Waals surface area contributed by atoms with Crippen molar-refractivity contribution in [3.63, 3.8) is 0 Å². The Kier molecular flexibility index (Phi) is 3.62. The maximum Gasteiger partial charge on any atom is 0.181 e. The summed E-state index contributed by atoms with van der Waals surface area (Å²) in [6.07, 6.45) is 5.02. The smallest absolute Gasteiger partial charge is 0.181 e. The lowest BCUT2D eigenvalue weighted by molar-refractivity contribution is 0.648. The van der Waals surface area contributed by atoms with Gasteiger partial charge in [0.25, 0.3) is 0 Å². The van der Waals surface area contributed by atoms with Crippen LogP contribution in [0.25, 0.3) is 11.2 Å². The van der Waals surface area contributed by atoms with Gasteiger partial charge in [-0.1, -0.05) is 6.07 Å². The number of nitrogens with zero attached hydrogens (tertiary/aromatic N) is 4. The van der Waals surface area contributed by atoms with Crippen LogP contribution in [-0.2, 0) is 0 Å². The molecule has 7 heteroatoms. The van der Waals surface area contributed by atoms with Crippen LogP contribution in [-0.4, -0.2) is 32.0 Å². The monoisotopic (exact) mass is 286 g/mol. The van der Waals surface area contributed by atoms with Crippen molar-refractivity contribution in [3.05, 3.63) is 36.5 Å². The second-order valence-corrected chi connectivity index (χ2v) is 5.33. The zero-order valence-corrected chi connectivity index (χ0v) is 12.0. The summed E-state index contributed by atoms with van der Waals surface area (Å²) in [4.78, 5) is 20.0. The van der Waals surface area contributed by atoms with Crippen molar-refractivity contribution in [1.29, 1.82) is 0 Å². The number of aromatic nitrogens is 5. The fraction of sp³-hybridized carbons (Fsp3) is 0.231. The lowest BCUT2D eigenvalue weighted by atomic mass is 10.1. The number of aromatic amines is 1. The molecule has 0 saturated heterocycles. The Bertz CT molecular complexity index is 708. The van der Waals surface area contributed by atoms with Gasteiger partial charge in [0, 0.05) is 12.2 Å². The average molecular weight is 286 g/mol. The fourth-order valence-corrected chi connectivity index (χ4v) is 2.59. The molecule has 3 rings (SSSR count). The zero-order valence-electron chi connectivity index (χ0n) is 11.2. The fourth-order valence-electron chi connectivity index (χ4n) is 1.79. The number of H-pyrrole nitrogens is 1. The van der Waals surface area contributed by atoms with Crippen molar-refractivity contribution in [3.8, 4) is 0 Å². The van der Waals surface area contributed by atoms with Gasteiger partial charge in [0.1, 0.15) is 21.9 Å². The largest absolute Gasteiger partial charge is 0.341 e. The third kappa shape index (κ3) is 2.50. The van der Waals surface area contributed by atoms with E-state index < -0.39 is 0 Å². The second kappa shape index (κ2) is 5.56. The molecule has 0 aromatic carbocycles. The van der Waals surface area contributed by atoms with E-state index >= 15 is 0 Å². The first-order valence-corrected chi connectivity index (χ1v) is 7.04. The molecule has 0 amide bonds. The minimum Gasteiger partial charge on any atom is -0.341 e. The number of rotatable bonds is 4. The Balaban J connectivity index is 1.86. The Morgan fingerprint density at radius 2 is 2.10 bits per heavy atom. The molecule has 1 atom stereocenters. The number of nitrogens with one attached hydrogen (secondary N) is 2. The van der Waals surface area contributed by atoms with Crippen molar-refractivity contribution in [2.75, 3.05) is 7.05 Å². The van der Waals surface area contributed by atoms with Gasteiger partial charge in [-0.2, -0.15) is 0 Å². The van der Waals surface area contributed by atoms with Crippen molar-refractivity contribution < 1.29 is 0 Å². The molecule has 0 spiro atoms. The van der Waals surface area contributed by atoms with Gasteiger partial charge in [-0.25, -0.2) is 19.9 Å². The van der Waals surface area contributed by atoms with E-state index in [0.717, 1.165) is 21.1 Å². The van der Waals surface area contributed by atoms with Crippen LogP contribution in [0.2, 0.25) is 0 Å². The molecule has 0 fully saturated rings. The number of hydrogen-bond donors (Lipinski definition) is 2. The summed E-state index contributed by atoms with van der Waals surface area (Å²) in [5.41, 5.74) is 2.67. The SMILES string of the molecule is CNC(C)c1ccc(Sc2ncnc3nc[nH]c23)nc1. The van der Waals surface area contributed by atoms with Crippen molar-refractivity contribution in [1.82, 2.24) is 30.2 Å². The number of pyridine rings is 1. The van der Waals surface area contributed by atoms with Gasteiger partial charge in [0.2, 0.25) is 0 Å². The predicted molar refractivity (Wildman–Crippen MR) is 77.5 cm³/mol. The van der Waals surface area contributed by atoms with E-state index in [4.69, 9.17) is 0 Å². The maximum atomic E-state index is 4.46. The molecule has 0 bridgehead atoms. The molecule has 1 unspecified atom stereocenters. The molecular weight excluding hydrogens is 272 g/mol. The third-order valence-corrected chi connectivity index (χ3v) is 4.04. The Labute approximate surface area is 120 Å². The van der Waals surface area contributed by atoms with E-state index in [-0.39, 0.29) is 0 Å². The van der Waals surface area contributed by atoms with Crippen molar-refractivity contribution >= 4 is 22.9 Å². The molecule has 0 aliphatic heterocycles. The number of imidazole rings is 1. The summed E-state index contributed by atoms with van der Waals surface area (Å²) >= 11 is 1.50. The van der Waals surface area contributed by atoms with Crippen LogP contribution in [0.4, 0.5) is 0 Å². The lowest BCUT2D eigenvalue weighted by Crippen LogP contribution is -2.12. The van der Waals surface area contributed by atoms with Crippen LogP contribution in [0.15, 0.2) is 41.0 Å². The van der Waals surface area contributed by atoms with Gasteiger partial charge in [-0.05, 0) is 37.4 Å². The quantitative estimate of drug-likeness (QED) is 0.716. The van der Waals surface area contributed by atoms with Gasteiger partial charge >= 0.3 is 0 Å². The van der Waals surface area contributed by atoms with E-state index in [1.807, 2.05) is 19.3 Å². The molecule has 6 nitrogen and oxygen atoms in total. The molecule has 3 aromatic heterocycles. The van der Waals surface area contributed by atoms with Crippen LogP contribution in [0.3, 0.4) is 0 Å².